The Balaban J connectivity index is 0.000000262. The maximum atomic E-state index is 10.5. The van der Waals surface area contributed by atoms with Gasteiger partial charge >= 0.3 is 0 Å². The first-order valence-electron chi connectivity index (χ1n) is 5.56. The number of hydrogen-bond donors (Lipinski definition) is 0. The fourth-order valence-electron chi connectivity index (χ4n) is 1.12. The summed E-state index contributed by atoms with van der Waals surface area (Å²) in [4.78, 5) is 0. The summed E-state index contributed by atoms with van der Waals surface area (Å²) in [5.41, 5.74) is 1.32. The second kappa shape index (κ2) is 9.86. The van der Waals surface area contributed by atoms with Gasteiger partial charge in [-0.3, -0.25) is 4.57 Å². The average Bonchev–Trinajstić information content (AvgIpc) is 2.20. The summed E-state index contributed by atoms with van der Waals surface area (Å²) in [6, 6.07) is 10.3. The quantitative estimate of drug-likeness (QED) is 0.539. The van der Waals surface area contributed by atoms with Crippen molar-refractivity contribution in [1.82, 2.24) is 0 Å². The minimum absolute atomic E-state index is 0.862. The van der Waals surface area contributed by atoms with Gasteiger partial charge in [-0.1, -0.05) is 55.7 Å². The average molecular weight is 225 g/mol. The highest BCUT2D eigenvalue weighted by molar-refractivity contribution is 7.43. The van der Waals surface area contributed by atoms with Crippen LogP contribution in [-0.2, 0) is 4.57 Å². The SMILES string of the molecule is CCCCC[P](C)=O.Cc1ccccc1. The van der Waals surface area contributed by atoms with Gasteiger partial charge in [-0.2, -0.15) is 0 Å². The molecule has 1 atom stereocenters. The summed E-state index contributed by atoms with van der Waals surface area (Å²) in [5, 5.41) is 0. The van der Waals surface area contributed by atoms with Crippen molar-refractivity contribution >= 4 is 7.80 Å². The van der Waals surface area contributed by atoms with Crippen molar-refractivity contribution in [3.63, 3.8) is 0 Å². The third-order valence-electron chi connectivity index (χ3n) is 2.02. The van der Waals surface area contributed by atoms with E-state index in [0.717, 1.165) is 12.6 Å². The zero-order valence-electron chi connectivity index (χ0n) is 10.1. The van der Waals surface area contributed by atoms with Crippen molar-refractivity contribution in [2.75, 3.05) is 12.8 Å². The first-order valence-corrected chi connectivity index (χ1v) is 7.46. The molecule has 2 heteroatoms. The Labute approximate surface area is 94.7 Å². The number of aryl methyl sites for hydroxylation is 1. The maximum Gasteiger partial charge on any atom is 0.0686 e. The number of benzene rings is 1. The molecule has 0 fully saturated rings. The Bertz CT molecular complexity index is 256. The van der Waals surface area contributed by atoms with E-state index in [1.54, 1.807) is 6.66 Å². The van der Waals surface area contributed by atoms with Gasteiger partial charge in [-0.25, -0.2) is 0 Å². The van der Waals surface area contributed by atoms with E-state index in [1.807, 2.05) is 18.2 Å². The Morgan fingerprint density at radius 1 is 1.13 bits per heavy atom. The summed E-state index contributed by atoms with van der Waals surface area (Å²) in [5.74, 6) is 0. The summed E-state index contributed by atoms with van der Waals surface area (Å²) in [6.07, 6.45) is 4.52. The molecule has 1 nitrogen and oxygen atoms in total. The molecule has 0 aliphatic rings. The van der Waals surface area contributed by atoms with Crippen molar-refractivity contribution in [2.45, 2.75) is 33.1 Å². The molecule has 15 heavy (non-hydrogen) atoms. The van der Waals surface area contributed by atoms with Crippen LogP contribution in [0, 0.1) is 6.92 Å². The van der Waals surface area contributed by atoms with Gasteiger partial charge in [0.1, 0.15) is 0 Å². The van der Waals surface area contributed by atoms with Crippen LogP contribution < -0.4 is 0 Å². The molecular formula is C13H22OP. The molecule has 0 amide bonds. The molecule has 0 heterocycles. The first kappa shape index (κ1) is 14.3. The summed E-state index contributed by atoms with van der Waals surface area (Å²) >= 11 is 0. The largest absolute Gasteiger partial charge is 0.287 e. The zero-order valence-corrected chi connectivity index (χ0v) is 11.0. The minimum atomic E-state index is -0.862. The lowest BCUT2D eigenvalue weighted by molar-refractivity contribution is 0.588. The van der Waals surface area contributed by atoms with Gasteiger partial charge in [0.2, 0.25) is 0 Å². The van der Waals surface area contributed by atoms with E-state index in [1.165, 1.54) is 18.4 Å². The monoisotopic (exact) mass is 225 g/mol. The highest BCUT2D eigenvalue weighted by Crippen LogP contribution is 2.15. The molecule has 1 rings (SSSR count). The lowest BCUT2D eigenvalue weighted by atomic mass is 10.2. The third kappa shape index (κ3) is 11.2. The van der Waals surface area contributed by atoms with Crippen molar-refractivity contribution in [1.29, 1.82) is 0 Å². The van der Waals surface area contributed by atoms with Crippen LogP contribution in [0.4, 0.5) is 0 Å². The van der Waals surface area contributed by atoms with Gasteiger partial charge in [0.05, 0.1) is 7.80 Å². The number of hydrogen-bond acceptors (Lipinski definition) is 1. The lowest BCUT2D eigenvalue weighted by Crippen LogP contribution is -1.76. The van der Waals surface area contributed by atoms with Gasteiger partial charge in [-0.05, 0) is 13.3 Å². The molecule has 1 aromatic carbocycles. The van der Waals surface area contributed by atoms with E-state index in [-0.39, 0.29) is 0 Å². The molecule has 0 saturated carbocycles. The van der Waals surface area contributed by atoms with E-state index < -0.39 is 7.80 Å². The molecule has 1 radical (unpaired) electrons. The Morgan fingerprint density at radius 2 is 1.73 bits per heavy atom. The fraction of sp³-hybridized carbons (Fsp3) is 0.538. The summed E-state index contributed by atoms with van der Waals surface area (Å²) < 4.78 is 10.5. The molecule has 0 spiro atoms. The predicted octanol–water partition coefficient (Wildman–Crippen LogP) is 4.63. The first-order chi connectivity index (χ1) is 7.16. The van der Waals surface area contributed by atoms with Crippen LogP contribution in [-0.4, -0.2) is 12.8 Å². The van der Waals surface area contributed by atoms with Gasteiger partial charge in [0.15, 0.2) is 0 Å². The third-order valence-corrected chi connectivity index (χ3v) is 2.96. The zero-order chi connectivity index (χ0) is 11.5. The molecule has 0 aromatic heterocycles. The van der Waals surface area contributed by atoms with Crippen LogP contribution in [0.2, 0.25) is 0 Å². The van der Waals surface area contributed by atoms with Crippen molar-refractivity contribution in [3.8, 4) is 0 Å². The fourth-order valence-corrected chi connectivity index (χ4v) is 1.79. The van der Waals surface area contributed by atoms with Crippen molar-refractivity contribution in [2.24, 2.45) is 0 Å². The Kier molecular flexibility index (Phi) is 9.41. The lowest BCUT2D eigenvalue weighted by Gasteiger charge is -1.91. The van der Waals surface area contributed by atoms with Gasteiger partial charge in [-0.15, -0.1) is 0 Å². The van der Waals surface area contributed by atoms with Gasteiger partial charge in [0.25, 0.3) is 0 Å². The molecule has 0 N–H and O–H groups in total. The topological polar surface area (TPSA) is 17.1 Å². The van der Waals surface area contributed by atoms with Crippen LogP contribution >= 0.6 is 7.80 Å². The summed E-state index contributed by atoms with van der Waals surface area (Å²) in [6.45, 7) is 6.04. The number of unbranched alkanes of at least 4 members (excludes halogenated alkanes) is 2. The summed E-state index contributed by atoms with van der Waals surface area (Å²) in [7, 11) is -0.862. The Morgan fingerprint density at radius 3 is 2.07 bits per heavy atom. The van der Waals surface area contributed by atoms with Crippen molar-refractivity contribution in [3.05, 3.63) is 35.9 Å². The predicted molar refractivity (Wildman–Crippen MR) is 69.1 cm³/mol. The second-order valence-electron chi connectivity index (χ2n) is 3.71. The van der Waals surface area contributed by atoms with Crippen LogP contribution in [0.25, 0.3) is 0 Å². The maximum absolute atomic E-state index is 10.5. The van der Waals surface area contributed by atoms with E-state index in [9.17, 15) is 4.57 Å². The van der Waals surface area contributed by atoms with E-state index in [4.69, 9.17) is 0 Å². The van der Waals surface area contributed by atoms with Crippen LogP contribution in [0.15, 0.2) is 30.3 Å². The van der Waals surface area contributed by atoms with Crippen molar-refractivity contribution < 1.29 is 4.57 Å². The normalized spacial score (nSPS) is 10.2. The molecule has 0 saturated heterocycles. The smallest absolute Gasteiger partial charge is 0.0686 e. The Hall–Kier alpha value is -0.680. The molecule has 1 aromatic rings. The molecule has 0 aliphatic carbocycles. The van der Waals surface area contributed by atoms with E-state index in [2.05, 4.69) is 26.0 Å². The molecule has 0 aliphatic heterocycles. The highest BCUT2D eigenvalue weighted by Gasteiger charge is 1.88. The molecule has 0 bridgehead atoms. The van der Waals surface area contributed by atoms with Gasteiger partial charge < -0.3 is 0 Å². The van der Waals surface area contributed by atoms with E-state index in [0.29, 0.717) is 0 Å². The standard InChI is InChI=1S/C7H8.C6H14OP/c1-7-5-3-2-4-6-7;1-3-4-5-6-8(2)7/h2-6H,1H3;3-6H2,1-2H3. The van der Waals surface area contributed by atoms with E-state index >= 15 is 0 Å². The minimum Gasteiger partial charge on any atom is -0.287 e. The highest BCUT2D eigenvalue weighted by atomic mass is 31.1. The van der Waals surface area contributed by atoms with Crippen LogP contribution in [0.5, 0.6) is 0 Å². The molecule has 85 valence electrons. The van der Waals surface area contributed by atoms with Crippen LogP contribution in [0.3, 0.4) is 0 Å². The van der Waals surface area contributed by atoms with Gasteiger partial charge in [0, 0.05) is 12.8 Å². The van der Waals surface area contributed by atoms with Crippen LogP contribution in [0.1, 0.15) is 31.7 Å². The molecular weight excluding hydrogens is 203 g/mol. The molecule has 1 unspecified atom stereocenters. The number of rotatable bonds is 4. The second-order valence-corrected chi connectivity index (χ2v) is 5.42.